The minimum Gasteiger partial charge on any atom is -0.461 e. The van der Waals surface area contributed by atoms with E-state index in [-0.39, 0.29) is 26.2 Å². The number of amides is 1. The van der Waals surface area contributed by atoms with Crippen molar-refractivity contribution in [1.82, 2.24) is 5.32 Å². The van der Waals surface area contributed by atoms with Gasteiger partial charge in [0.25, 0.3) is 0 Å². The highest BCUT2D eigenvalue weighted by molar-refractivity contribution is 5.88. The molecule has 1 amide bonds. The first-order chi connectivity index (χ1) is 15.5. The molecule has 0 aliphatic heterocycles. The van der Waals surface area contributed by atoms with Crippen molar-refractivity contribution >= 4 is 18.0 Å². The van der Waals surface area contributed by atoms with Crippen molar-refractivity contribution in [3.8, 4) is 0 Å². The van der Waals surface area contributed by atoms with Crippen LogP contribution in [0.2, 0.25) is 0 Å². The van der Waals surface area contributed by atoms with Gasteiger partial charge in [-0.3, -0.25) is 4.79 Å². The van der Waals surface area contributed by atoms with Gasteiger partial charge in [-0.1, -0.05) is 86.0 Å². The molecule has 32 heavy (non-hydrogen) atoms. The first kappa shape index (κ1) is 24.4. The molecule has 0 spiro atoms. The van der Waals surface area contributed by atoms with Crippen LogP contribution in [0.15, 0.2) is 86.0 Å². The van der Waals surface area contributed by atoms with Crippen LogP contribution in [0.4, 0.5) is 4.79 Å². The van der Waals surface area contributed by atoms with E-state index in [0.717, 1.165) is 11.1 Å². The molecule has 2 aromatic rings. The van der Waals surface area contributed by atoms with Crippen molar-refractivity contribution in [2.45, 2.75) is 19.1 Å². The smallest absolute Gasteiger partial charge is 0.408 e. The number of hydrogen-bond donors (Lipinski definition) is 1. The van der Waals surface area contributed by atoms with Crippen LogP contribution in [0, 0.1) is 5.92 Å². The minimum atomic E-state index is -1.32. The second-order valence-electron chi connectivity index (χ2n) is 6.82. The van der Waals surface area contributed by atoms with Gasteiger partial charge in [0.1, 0.15) is 25.9 Å². The molecule has 7 nitrogen and oxygen atoms in total. The normalized spacial score (nSPS) is 12.0. The van der Waals surface area contributed by atoms with Crippen molar-refractivity contribution in [2.75, 3.05) is 13.2 Å². The molecule has 1 N–H and O–H groups in total. The summed E-state index contributed by atoms with van der Waals surface area (Å²) in [5.41, 5.74) is 1.56. The average molecular weight is 437 g/mol. The fourth-order valence-electron chi connectivity index (χ4n) is 2.90. The van der Waals surface area contributed by atoms with Crippen molar-refractivity contribution in [1.29, 1.82) is 0 Å². The summed E-state index contributed by atoms with van der Waals surface area (Å²) >= 11 is 0. The standard InChI is InChI=1S/C25H27NO6/c1-3-15-30-23(27)21(17-19-11-7-5-8-12-19)22(24(28)31-16-4-2)26-25(29)32-18-20-13-9-6-10-14-20/h3-14,21-22H,1-2,15-18H2,(H,26,29)/t21?,22-/m0/s1. The predicted octanol–water partition coefficient (Wildman–Crippen LogP) is 3.60. The van der Waals surface area contributed by atoms with Gasteiger partial charge in [0.15, 0.2) is 0 Å². The molecule has 0 aliphatic rings. The topological polar surface area (TPSA) is 90.9 Å². The Bertz CT molecular complexity index is 897. The number of hydrogen-bond acceptors (Lipinski definition) is 6. The number of carbonyl (C=O) groups is 3. The lowest BCUT2D eigenvalue weighted by Crippen LogP contribution is -2.50. The Labute approximate surface area is 187 Å². The van der Waals surface area contributed by atoms with Gasteiger partial charge in [0, 0.05) is 0 Å². The molecule has 7 heteroatoms. The van der Waals surface area contributed by atoms with E-state index < -0.39 is 30.0 Å². The Balaban J connectivity index is 2.21. The molecule has 0 bridgehead atoms. The third kappa shape index (κ3) is 8.10. The largest absolute Gasteiger partial charge is 0.461 e. The highest BCUT2D eigenvalue weighted by Crippen LogP contribution is 2.17. The number of carbonyl (C=O) groups excluding carboxylic acids is 3. The lowest BCUT2D eigenvalue weighted by molar-refractivity contribution is -0.156. The number of nitrogens with one attached hydrogen (secondary N) is 1. The van der Waals surface area contributed by atoms with Gasteiger partial charge in [0.2, 0.25) is 0 Å². The Hall–Kier alpha value is -3.87. The van der Waals surface area contributed by atoms with E-state index in [1.165, 1.54) is 12.2 Å². The van der Waals surface area contributed by atoms with Gasteiger partial charge in [-0.25, -0.2) is 9.59 Å². The van der Waals surface area contributed by atoms with Gasteiger partial charge < -0.3 is 19.5 Å². The Morgan fingerprint density at radius 1 is 0.781 bits per heavy atom. The quantitative estimate of drug-likeness (QED) is 0.310. The zero-order chi connectivity index (χ0) is 23.2. The third-order valence-corrected chi connectivity index (χ3v) is 4.43. The van der Waals surface area contributed by atoms with Crippen LogP contribution in [-0.2, 0) is 36.8 Å². The summed E-state index contributed by atoms with van der Waals surface area (Å²) in [4.78, 5) is 38.0. The molecule has 0 radical (unpaired) electrons. The van der Waals surface area contributed by atoms with Gasteiger partial charge >= 0.3 is 18.0 Å². The van der Waals surface area contributed by atoms with Gasteiger partial charge in [-0.05, 0) is 17.5 Å². The number of rotatable bonds is 12. The van der Waals surface area contributed by atoms with E-state index in [1.54, 1.807) is 12.1 Å². The Morgan fingerprint density at radius 3 is 1.88 bits per heavy atom. The van der Waals surface area contributed by atoms with E-state index in [1.807, 2.05) is 48.5 Å². The maximum atomic E-state index is 12.8. The highest BCUT2D eigenvalue weighted by Gasteiger charge is 2.38. The van der Waals surface area contributed by atoms with Crippen LogP contribution in [0.3, 0.4) is 0 Å². The fraction of sp³-hybridized carbons (Fsp3) is 0.240. The van der Waals surface area contributed by atoms with Crippen molar-refractivity contribution in [3.05, 3.63) is 97.1 Å². The van der Waals surface area contributed by atoms with Crippen LogP contribution in [0.1, 0.15) is 11.1 Å². The molecule has 2 atom stereocenters. The number of ether oxygens (including phenoxy) is 3. The SMILES string of the molecule is C=CCOC(=O)C(Cc1ccccc1)[C@H](NC(=O)OCc1ccccc1)C(=O)OCC=C. The molecule has 0 aromatic heterocycles. The second kappa shape index (κ2) is 13.4. The minimum absolute atomic E-state index is 0.00532. The van der Waals surface area contributed by atoms with Crippen molar-refractivity contribution in [2.24, 2.45) is 5.92 Å². The molecule has 0 aliphatic carbocycles. The summed E-state index contributed by atoms with van der Waals surface area (Å²) < 4.78 is 15.6. The lowest BCUT2D eigenvalue weighted by Gasteiger charge is -2.25. The van der Waals surface area contributed by atoms with E-state index in [0.29, 0.717) is 0 Å². The highest BCUT2D eigenvalue weighted by atomic mass is 16.6. The van der Waals surface area contributed by atoms with E-state index in [2.05, 4.69) is 18.5 Å². The monoisotopic (exact) mass is 437 g/mol. The van der Waals surface area contributed by atoms with Crippen LogP contribution in [-0.4, -0.2) is 37.3 Å². The third-order valence-electron chi connectivity index (χ3n) is 4.43. The zero-order valence-corrected chi connectivity index (χ0v) is 17.8. The Morgan fingerprint density at radius 2 is 1.31 bits per heavy atom. The molecular formula is C25H27NO6. The van der Waals surface area contributed by atoms with Crippen molar-refractivity contribution < 1.29 is 28.6 Å². The predicted molar refractivity (Wildman–Crippen MR) is 119 cm³/mol. The summed E-state index contributed by atoms with van der Waals surface area (Å²) in [5, 5.41) is 2.48. The van der Waals surface area contributed by atoms with Gasteiger partial charge in [-0.2, -0.15) is 0 Å². The van der Waals surface area contributed by atoms with Gasteiger partial charge in [-0.15, -0.1) is 0 Å². The summed E-state index contributed by atoms with van der Waals surface area (Å²) in [6.07, 6.45) is 2.10. The Kier molecular flexibility index (Phi) is 10.2. The molecule has 0 saturated heterocycles. The average Bonchev–Trinajstić information content (AvgIpc) is 2.83. The first-order valence-corrected chi connectivity index (χ1v) is 10.1. The maximum absolute atomic E-state index is 12.8. The number of alkyl carbamates (subject to hydrolysis) is 1. The van der Waals surface area contributed by atoms with Crippen LogP contribution in [0.5, 0.6) is 0 Å². The van der Waals surface area contributed by atoms with E-state index >= 15 is 0 Å². The molecule has 0 heterocycles. The number of benzene rings is 2. The summed E-state index contributed by atoms with van der Waals surface area (Å²) in [5.74, 6) is -2.50. The van der Waals surface area contributed by atoms with E-state index in [4.69, 9.17) is 14.2 Å². The molecular weight excluding hydrogens is 410 g/mol. The summed E-state index contributed by atoms with van der Waals surface area (Å²) in [6, 6.07) is 16.8. The number of esters is 2. The van der Waals surface area contributed by atoms with Gasteiger partial charge in [0.05, 0.1) is 5.92 Å². The molecule has 168 valence electrons. The van der Waals surface area contributed by atoms with Crippen LogP contribution in [0.25, 0.3) is 0 Å². The van der Waals surface area contributed by atoms with E-state index in [9.17, 15) is 14.4 Å². The fourth-order valence-corrected chi connectivity index (χ4v) is 2.90. The second-order valence-corrected chi connectivity index (χ2v) is 6.82. The molecule has 0 saturated carbocycles. The molecule has 1 unspecified atom stereocenters. The molecule has 0 fully saturated rings. The maximum Gasteiger partial charge on any atom is 0.408 e. The summed E-state index contributed by atoms with van der Waals surface area (Å²) in [6.45, 7) is 6.94. The van der Waals surface area contributed by atoms with Crippen molar-refractivity contribution in [3.63, 3.8) is 0 Å². The summed E-state index contributed by atoms with van der Waals surface area (Å²) in [7, 11) is 0. The zero-order valence-electron chi connectivity index (χ0n) is 17.8. The molecule has 2 aromatic carbocycles. The lowest BCUT2D eigenvalue weighted by atomic mass is 9.92. The van der Waals surface area contributed by atoms with Crippen LogP contribution < -0.4 is 5.32 Å². The molecule has 2 rings (SSSR count). The van der Waals surface area contributed by atoms with Crippen LogP contribution >= 0.6 is 0 Å². The first-order valence-electron chi connectivity index (χ1n) is 10.1.